The number of rotatable bonds is 7. The average Bonchev–Trinajstić information content (AvgIpc) is 2.73. The number of benzene rings is 2. The summed E-state index contributed by atoms with van der Waals surface area (Å²) in [5.41, 5.74) is 5.01. The van der Waals surface area contributed by atoms with Crippen molar-refractivity contribution >= 4 is 17.7 Å². The highest BCUT2D eigenvalue weighted by Gasteiger charge is 2.08. The molecule has 0 aliphatic rings. The highest BCUT2D eigenvalue weighted by molar-refractivity contribution is 7.98. The number of thioether (sulfide) groups is 1. The lowest BCUT2D eigenvalue weighted by atomic mass is 10.1. The average molecular weight is 392 g/mol. The van der Waals surface area contributed by atoms with E-state index >= 15 is 0 Å². The van der Waals surface area contributed by atoms with Gasteiger partial charge in [0.2, 0.25) is 0 Å². The summed E-state index contributed by atoms with van der Waals surface area (Å²) in [7, 11) is 0. The van der Waals surface area contributed by atoms with Crippen LogP contribution in [-0.2, 0) is 5.75 Å². The van der Waals surface area contributed by atoms with E-state index < -0.39 is 0 Å². The highest BCUT2D eigenvalue weighted by Crippen LogP contribution is 2.23. The second kappa shape index (κ2) is 9.51. The molecule has 1 unspecified atom stereocenters. The molecule has 1 atom stereocenters. The monoisotopic (exact) mass is 391 g/mol. The third kappa shape index (κ3) is 5.42. The van der Waals surface area contributed by atoms with Crippen LogP contribution in [0.15, 0.2) is 65.7 Å². The van der Waals surface area contributed by atoms with Gasteiger partial charge in [-0.3, -0.25) is 4.79 Å². The predicted octanol–water partition coefficient (Wildman–Crippen LogP) is 5.27. The van der Waals surface area contributed by atoms with Crippen LogP contribution in [0.1, 0.15) is 41.8 Å². The van der Waals surface area contributed by atoms with Gasteiger partial charge in [0.05, 0.1) is 5.69 Å². The molecule has 0 bridgehead atoms. The molecule has 5 heteroatoms. The molecule has 0 aliphatic carbocycles. The minimum Gasteiger partial charge on any atom is -0.350 e. The molecule has 0 spiro atoms. The number of carbonyl (C=O) groups is 1. The predicted molar refractivity (Wildman–Crippen MR) is 115 cm³/mol. The smallest absolute Gasteiger partial charge is 0.251 e. The van der Waals surface area contributed by atoms with Crippen LogP contribution in [-0.4, -0.2) is 22.1 Å². The van der Waals surface area contributed by atoms with Crippen LogP contribution in [0, 0.1) is 6.92 Å². The van der Waals surface area contributed by atoms with E-state index in [9.17, 15) is 4.79 Å². The van der Waals surface area contributed by atoms with Crippen LogP contribution < -0.4 is 5.32 Å². The zero-order valence-corrected chi connectivity index (χ0v) is 17.3. The van der Waals surface area contributed by atoms with Gasteiger partial charge in [-0.15, -0.1) is 10.2 Å². The van der Waals surface area contributed by atoms with Gasteiger partial charge in [0.25, 0.3) is 5.91 Å². The van der Waals surface area contributed by atoms with Crippen LogP contribution in [0.2, 0.25) is 0 Å². The van der Waals surface area contributed by atoms with Crippen molar-refractivity contribution in [2.75, 3.05) is 0 Å². The van der Waals surface area contributed by atoms with Gasteiger partial charge < -0.3 is 5.32 Å². The van der Waals surface area contributed by atoms with E-state index in [2.05, 4.69) is 53.6 Å². The molecule has 2 aromatic carbocycles. The van der Waals surface area contributed by atoms with Gasteiger partial charge in [-0.05, 0) is 50.1 Å². The molecular weight excluding hydrogens is 366 g/mol. The van der Waals surface area contributed by atoms with E-state index in [0.717, 1.165) is 34.0 Å². The molecule has 0 saturated carbocycles. The van der Waals surface area contributed by atoms with E-state index in [0.29, 0.717) is 5.56 Å². The zero-order valence-electron chi connectivity index (χ0n) is 16.5. The summed E-state index contributed by atoms with van der Waals surface area (Å²) in [5, 5.41) is 12.5. The first-order valence-electron chi connectivity index (χ1n) is 9.48. The second-order valence-corrected chi connectivity index (χ2v) is 7.89. The van der Waals surface area contributed by atoms with Crippen LogP contribution in [0.25, 0.3) is 11.3 Å². The molecular formula is C23H25N3OS. The fourth-order valence-corrected chi connectivity index (χ4v) is 3.36. The van der Waals surface area contributed by atoms with Crippen molar-refractivity contribution in [1.29, 1.82) is 0 Å². The fourth-order valence-electron chi connectivity index (χ4n) is 2.59. The number of hydrogen-bond donors (Lipinski definition) is 1. The topological polar surface area (TPSA) is 54.9 Å². The van der Waals surface area contributed by atoms with Crippen LogP contribution in [0.5, 0.6) is 0 Å². The summed E-state index contributed by atoms with van der Waals surface area (Å²) < 4.78 is 0. The molecule has 0 aliphatic heterocycles. The molecule has 3 rings (SSSR count). The summed E-state index contributed by atoms with van der Waals surface area (Å²) >= 11 is 1.63. The summed E-state index contributed by atoms with van der Waals surface area (Å²) in [5.74, 6) is 0.761. The van der Waals surface area contributed by atoms with Crippen molar-refractivity contribution in [3.8, 4) is 11.3 Å². The number of amides is 1. The molecule has 0 radical (unpaired) electrons. The first-order valence-corrected chi connectivity index (χ1v) is 10.5. The minimum atomic E-state index is -0.0221. The number of nitrogens with one attached hydrogen (secondary N) is 1. The molecule has 1 N–H and O–H groups in total. The quantitative estimate of drug-likeness (QED) is 0.557. The van der Waals surface area contributed by atoms with Gasteiger partial charge in [-0.2, -0.15) is 0 Å². The van der Waals surface area contributed by atoms with Crippen LogP contribution >= 0.6 is 11.8 Å². The van der Waals surface area contributed by atoms with Gasteiger partial charge in [0.15, 0.2) is 0 Å². The molecule has 1 aromatic heterocycles. The lowest BCUT2D eigenvalue weighted by Gasteiger charge is -2.11. The maximum Gasteiger partial charge on any atom is 0.251 e. The number of aromatic nitrogens is 2. The largest absolute Gasteiger partial charge is 0.350 e. The molecule has 4 nitrogen and oxygen atoms in total. The van der Waals surface area contributed by atoms with Gasteiger partial charge in [-0.25, -0.2) is 0 Å². The van der Waals surface area contributed by atoms with Gasteiger partial charge in [0.1, 0.15) is 5.03 Å². The summed E-state index contributed by atoms with van der Waals surface area (Å²) in [6.07, 6.45) is 0.921. The molecule has 28 heavy (non-hydrogen) atoms. The Balaban J connectivity index is 1.56. The highest BCUT2D eigenvalue weighted by atomic mass is 32.2. The Morgan fingerprint density at radius 2 is 1.71 bits per heavy atom. The maximum absolute atomic E-state index is 12.1. The number of hydrogen-bond acceptors (Lipinski definition) is 4. The van der Waals surface area contributed by atoms with E-state index in [4.69, 9.17) is 0 Å². The maximum atomic E-state index is 12.1. The summed E-state index contributed by atoms with van der Waals surface area (Å²) in [6.45, 7) is 6.13. The second-order valence-electron chi connectivity index (χ2n) is 6.89. The lowest BCUT2D eigenvalue weighted by Crippen LogP contribution is -2.31. The third-order valence-corrected chi connectivity index (χ3v) is 5.57. The van der Waals surface area contributed by atoms with Crippen molar-refractivity contribution in [2.45, 2.75) is 44.0 Å². The third-order valence-electron chi connectivity index (χ3n) is 4.58. The lowest BCUT2D eigenvalue weighted by molar-refractivity contribution is 0.0939. The van der Waals surface area contributed by atoms with Gasteiger partial charge in [-0.1, -0.05) is 60.6 Å². The van der Waals surface area contributed by atoms with Crippen molar-refractivity contribution < 1.29 is 4.79 Å². The normalized spacial score (nSPS) is 11.8. The van der Waals surface area contributed by atoms with Crippen molar-refractivity contribution in [3.05, 3.63) is 77.4 Å². The standard InChI is InChI=1S/C23H25N3OS/c1-4-17(3)24-23(27)20-11-7-18(8-12-20)15-28-22-14-13-21(25-26-22)19-9-5-16(2)6-10-19/h5-14,17H,4,15H2,1-3H3,(H,24,27). The van der Waals surface area contributed by atoms with Crippen molar-refractivity contribution in [2.24, 2.45) is 0 Å². The Morgan fingerprint density at radius 1 is 1.00 bits per heavy atom. The fraction of sp³-hybridized carbons (Fsp3) is 0.261. The van der Waals surface area contributed by atoms with E-state index in [1.165, 1.54) is 5.56 Å². The molecule has 0 fully saturated rings. The number of aryl methyl sites for hydroxylation is 1. The molecule has 144 valence electrons. The van der Waals surface area contributed by atoms with Gasteiger partial charge in [0, 0.05) is 22.9 Å². The van der Waals surface area contributed by atoms with Crippen LogP contribution in [0.3, 0.4) is 0 Å². The first kappa shape index (κ1) is 20.1. The Hall–Kier alpha value is -2.66. The zero-order chi connectivity index (χ0) is 19.9. The Labute approximate surface area is 170 Å². The van der Waals surface area contributed by atoms with E-state index in [-0.39, 0.29) is 11.9 Å². The van der Waals surface area contributed by atoms with Crippen molar-refractivity contribution in [3.63, 3.8) is 0 Å². The molecule has 0 saturated heterocycles. The number of nitrogens with zero attached hydrogens (tertiary/aromatic N) is 2. The first-order chi connectivity index (χ1) is 13.5. The Kier molecular flexibility index (Phi) is 6.82. The number of carbonyl (C=O) groups excluding carboxylic acids is 1. The molecule has 3 aromatic rings. The molecule has 1 amide bonds. The summed E-state index contributed by atoms with van der Waals surface area (Å²) in [6, 6.07) is 20.2. The van der Waals surface area contributed by atoms with Crippen LogP contribution in [0.4, 0.5) is 0 Å². The Morgan fingerprint density at radius 3 is 2.32 bits per heavy atom. The SMILES string of the molecule is CCC(C)NC(=O)c1ccc(CSc2ccc(-c3ccc(C)cc3)nn2)cc1. The van der Waals surface area contributed by atoms with Crippen molar-refractivity contribution in [1.82, 2.24) is 15.5 Å². The Bertz CT molecular complexity index is 906. The van der Waals surface area contributed by atoms with Gasteiger partial charge >= 0.3 is 0 Å². The van der Waals surface area contributed by atoms with E-state index in [1.807, 2.05) is 43.3 Å². The van der Waals surface area contributed by atoms with E-state index in [1.54, 1.807) is 11.8 Å². The molecule has 1 heterocycles. The summed E-state index contributed by atoms with van der Waals surface area (Å²) in [4.78, 5) is 12.1. The minimum absolute atomic E-state index is 0.0221.